The van der Waals surface area contributed by atoms with Crippen LogP contribution >= 0.6 is 0 Å². The lowest BCUT2D eigenvalue weighted by molar-refractivity contribution is -0.120. The van der Waals surface area contributed by atoms with Gasteiger partial charge in [0.15, 0.2) is 0 Å². The largest absolute Gasteiger partial charge is 0.361 e. The minimum absolute atomic E-state index is 0.00233. The topological polar surface area (TPSA) is 73.0 Å². The number of nitrogens with zero attached hydrogens (tertiary/aromatic N) is 3. The van der Waals surface area contributed by atoms with Crippen LogP contribution in [-0.2, 0) is 17.8 Å². The molecule has 0 atom stereocenters. The molecule has 1 aliphatic rings. The van der Waals surface area contributed by atoms with E-state index in [0.29, 0.717) is 24.6 Å². The molecule has 0 spiro atoms. The van der Waals surface area contributed by atoms with Crippen molar-refractivity contribution in [3.63, 3.8) is 0 Å². The summed E-state index contributed by atoms with van der Waals surface area (Å²) in [6.45, 7) is 5.06. The van der Waals surface area contributed by atoms with E-state index >= 15 is 0 Å². The molecule has 2 heterocycles. The summed E-state index contributed by atoms with van der Waals surface area (Å²) >= 11 is 0. The molecule has 0 radical (unpaired) electrons. The average molecular weight is 288 g/mol. The summed E-state index contributed by atoms with van der Waals surface area (Å²) in [6.07, 6.45) is 6.60. The van der Waals surface area contributed by atoms with E-state index in [0.717, 1.165) is 23.6 Å². The summed E-state index contributed by atoms with van der Waals surface area (Å²) in [5.41, 5.74) is 1.67. The zero-order valence-electron chi connectivity index (χ0n) is 12.4. The van der Waals surface area contributed by atoms with Gasteiger partial charge in [0.2, 0.25) is 5.91 Å². The molecule has 2 aromatic rings. The van der Waals surface area contributed by atoms with E-state index in [4.69, 9.17) is 4.52 Å². The van der Waals surface area contributed by atoms with Gasteiger partial charge in [-0.2, -0.15) is 0 Å². The molecule has 0 saturated heterocycles. The molecule has 0 aromatic carbocycles. The molecular weight excluding hydrogens is 268 g/mol. The van der Waals surface area contributed by atoms with Gasteiger partial charge >= 0.3 is 0 Å². The van der Waals surface area contributed by atoms with Crippen LogP contribution in [0.2, 0.25) is 0 Å². The molecule has 1 fully saturated rings. The predicted octanol–water partition coefficient (Wildman–Crippen LogP) is 1.72. The van der Waals surface area contributed by atoms with Crippen LogP contribution in [0.1, 0.15) is 41.6 Å². The normalized spacial score (nSPS) is 14.4. The van der Waals surface area contributed by atoms with Crippen LogP contribution in [0.25, 0.3) is 0 Å². The number of aryl methyl sites for hydroxylation is 2. The maximum absolute atomic E-state index is 12.0. The fraction of sp³-hybridized carbons (Fsp3) is 0.533. The molecule has 21 heavy (non-hydrogen) atoms. The van der Waals surface area contributed by atoms with Crippen molar-refractivity contribution in [2.45, 2.75) is 45.6 Å². The number of rotatable bonds is 6. The Bertz CT molecular complexity index is 620. The van der Waals surface area contributed by atoms with E-state index in [1.54, 1.807) is 0 Å². The molecule has 1 N–H and O–H groups in total. The van der Waals surface area contributed by atoms with E-state index in [9.17, 15) is 4.79 Å². The van der Waals surface area contributed by atoms with Crippen LogP contribution < -0.4 is 5.32 Å². The van der Waals surface area contributed by atoms with Crippen LogP contribution in [0.5, 0.6) is 0 Å². The number of carbonyl (C=O) groups is 1. The van der Waals surface area contributed by atoms with E-state index in [1.165, 1.54) is 12.8 Å². The van der Waals surface area contributed by atoms with Crippen molar-refractivity contribution in [1.82, 2.24) is 20.0 Å². The summed E-state index contributed by atoms with van der Waals surface area (Å²) in [5, 5.41) is 6.80. The molecule has 0 unspecified atom stereocenters. The van der Waals surface area contributed by atoms with Crippen molar-refractivity contribution >= 4 is 5.91 Å². The third-order valence-corrected chi connectivity index (χ3v) is 3.88. The Kier molecular flexibility index (Phi) is 3.77. The van der Waals surface area contributed by atoms with Crippen molar-refractivity contribution in [1.29, 1.82) is 0 Å². The Morgan fingerprint density at radius 2 is 2.29 bits per heavy atom. The van der Waals surface area contributed by atoms with Crippen LogP contribution in [-0.4, -0.2) is 27.2 Å². The fourth-order valence-corrected chi connectivity index (χ4v) is 2.50. The number of hydrogen-bond acceptors (Lipinski definition) is 4. The van der Waals surface area contributed by atoms with Gasteiger partial charge in [-0.3, -0.25) is 4.79 Å². The van der Waals surface area contributed by atoms with Crippen molar-refractivity contribution in [2.24, 2.45) is 0 Å². The number of nitrogens with one attached hydrogen (secondary N) is 1. The highest BCUT2D eigenvalue weighted by Crippen LogP contribution is 2.38. The van der Waals surface area contributed by atoms with Crippen molar-refractivity contribution in [3.8, 4) is 0 Å². The van der Waals surface area contributed by atoms with Gasteiger partial charge in [0, 0.05) is 37.0 Å². The summed E-state index contributed by atoms with van der Waals surface area (Å²) < 4.78 is 7.20. The van der Waals surface area contributed by atoms with Crippen LogP contribution in [0.4, 0.5) is 0 Å². The van der Waals surface area contributed by atoms with Crippen molar-refractivity contribution < 1.29 is 9.32 Å². The van der Waals surface area contributed by atoms with Crippen molar-refractivity contribution in [2.75, 3.05) is 6.54 Å². The Balaban J connectivity index is 1.49. The zero-order chi connectivity index (χ0) is 14.8. The highest BCUT2D eigenvalue weighted by Gasteiger charge is 2.27. The molecule has 3 rings (SSSR count). The number of aromatic nitrogens is 3. The maximum atomic E-state index is 12.0. The van der Waals surface area contributed by atoms with Gasteiger partial charge in [0.1, 0.15) is 11.6 Å². The van der Waals surface area contributed by atoms with Gasteiger partial charge < -0.3 is 14.4 Å². The third kappa shape index (κ3) is 3.15. The monoisotopic (exact) mass is 288 g/mol. The van der Waals surface area contributed by atoms with Gasteiger partial charge in [-0.25, -0.2) is 4.98 Å². The Morgan fingerprint density at radius 1 is 1.48 bits per heavy atom. The quantitative estimate of drug-likeness (QED) is 0.878. The fourth-order valence-electron chi connectivity index (χ4n) is 2.50. The Hall–Kier alpha value is -2.11. The molecule has 6 nitrogen and oxygen atoms in total. The number of carbonyl (C=O) groups excluding carboxylic acids is 1. The molecule has 0 bridgehead atoms. The van der Waals surface area contributed by atoms with Crippen molar-refractivity contribution in [3.05, 3.63) is 35.2 Å². The molecule has 2 aromatic heterocycles. The minimum atomic E-state index is -0.00233. The van der Waals surface area contributed by atoms with Gasteiger partial charge in [0.05, 0.1) is 12.1 Å². The highest BCUT2D eigenvalue weighted by molar-refractivity contribution is 5.78. The second-order valence-corrected chi connectivity index (χ2v) is 5.58. The number of imidazole rings is 1. The average Bonchev–Trinajstić information content (AvgIpc) is 3.13. The minimum Gasteiger partial charge on any atom is -0.361 e. The lowest BCUT2D eigenvalue weighted by atomic mass is 10.1. The zero-order valence-corrected chi connectivity index (χ0v) is 12.4. The maximum Gasteiger partial charge on any atom is 0.224 e. The molecule has 112 valence electrons. The van der Waals surface area contributed by atoms with Crippen LogP contribution in [0.15, 0.2) is 16.9 Å². The Labute approximate surface area is 123 Å². The van der Waals surface area contributed by atoms with Crippen LogP contribution in [0.3, 0.4) is 0 Å². The predicted molar refractivity (Wildman–Crippen MR) is 76.9 cm³/mol. The molecule has 1 aliphatic carbocycles. The standard InChI is InChI=1S/C15H20N4O2/c1-10-13(11(2)21-18-10)9-14(20)16-5-7-19-8-6-17-15(19)12-3-4-12/h6,8,12H,3-5,7,9H2,1-2H3,(H,16,20). The van der Waals surface area contributed by atoms with E-state index in [-0.39, 0.29) is 5.91 Å². The van der Waals surface area contributed by atoms with Gasteiger partial charge in [-0.1, -0.05) is 5.16 Å². The highest BCUT2D eigenvalue weighted by atomic mass is 16.5. The van der Waals surface area contributed by atoms with E-state index in [2.05, 4.69) is 20.0 Å². The number of amides is 1. The van der Waals surface area contributed by atoms with Gasteiger partial charge in [0.25, 0.3) is 0 Å². The SMILES string of the molecule is Cc1noc(C)c1CC(=O)NCCn1ccnc1C1CC1. The molecule has 1 saturated carbocycles. The second kappa shape index (κ2) is 5.71. The summed E-state index contributed by atoms with van der Waals surface area (Å²) in [5.74, 6) is 2.48. The first kappa shape index (κ1) is 13.9. The van der Waals surface area contributed by atoms with Crippen LogP contribution in [0, 0.1) is 13.8 Å². The lowest BCUT2D eigenvalue weighted by Crippen LogP contribution is -2.29. The van der Waals surface area contributed by atoms with Gasteiger partial charge in [-0.05, 0) is 26.7 Å². The first-order valence-electron chi connectivity index (χ1n) is 7.34. The summed E-state index contributed by atoms with van der Waals surface area (Å²) in [7, 11) is 0. The summed E-state index contributed by atoms with van der Waals surface area (Å²) in [6, 6.07) is 0. The lowest BCUT2D eigenvalue weighted by Gasteiger charge is -2.08. The molecule has 6 heteroatoms. The summed E-state index contributed by atoms with van der Waals surface area (Å²) in [4.78, 5) is 16.4. The smallest absolute Gasteiger partial charge is 0.224 e. The molecule has 0 aliphatic heterocycles. The van der Waals surface area contributed by atoms with E-state index in [1.807, 2.05) is 26.2 Å². The number of hydrogen-bond donors (Lipinski definition) is 1. The van der Waals surface area contributed by atoms with E-state index < -0.39 is 0 Å². The van der Waals surface area contributed by atoms with Gasteiger partial charge in [-0.15, -0.1) is 0 Å². The molecular formula is C15H20N4O2. The first-order chi connectivity index (χ1) is 10.1. The Morgan fingerprint density at radius 3 is 2.95 bits per heavy atom. The third-order valence-electron chi connectivity index (χ3n) is 3.88. The second-order valence-electron chi connectivity index (χ2n) is 5.58. The first-order valence-corrected chi connectivity index (χ1v) is 7.34. The molecule has 1 amide bonds.